The number of hydrogen-bond acceptors (Lipinski definition) is 4. The van der Waals surface area contributed by atoms with Gasteiger partial charge in [0.05, 0.1) is 15.7 Å². The number of carbonyl (C=O) groups excluding carboxylic acids is 1. The Balaban J connectivity index is 2.28. The van der Waals surface area contributed by atoms with Crippen LogP contribution in [0, 0.1) is 6.92 Å². The average Bonchev–Trinajstić information content (AvgIpc) is 2.48. The zero-order valence-corrected chi connectivity index (χ0v) is 13.8. The van der Waals surface area contributed by atoms with Crippen LogP contribution in [0.15, 0.2) is 24.3 Å². The number of nitrogens with zero attached hydrogens (tertiary/aromatic N) is 2. The molecule has 116 valence electrons. The molecular formula is C15H16Cl2N4O. The smallest absolute Gasteiger partial charge is 0.270 e. The molecule has 0 aliphatic carbocycles. The summed E-state index contributed by atoms with van der Waals surface area (Å²) in [4.78, 5) is 20.5. The predicted octanol–water partition coefficient (Wildman–Crippen LogP) is 3.98. The molecule has 0 saturated heterocycles. The van der Waals surface area contributed by atoms with E-state index >= 15 is 0 Å². The molecule has 0 aliphatic heterocycles. The number of rotatable bonds is 5. The summed E-state index contributed by atoms with van der Waals surface area (Å²) < 4.78 is 0. The summed E-state index contributed by atoms with van der Waals surface area (Å²) in [5, 5.41) is 6.65. The van der Waals surface area contributed by atoms with Crippen LogP contribution in [0.1, 0.15) is 29.5 Å². The van der Waals surface area contributed by atoms with Crippen molar-refractivity contribution in [2.24, 2.45) is 0 Å². The van der Waals surface area contributed by atoms with E-state index in [0.29, 0.717) is 33.7 Å². The molecule has 0 fully saturated rings. The quantitative estimate of drug-likeness (QED) is 0.865. The van der Waals surface area contributed by atoms with E-state index < -0.39 is 0 Å². The molecular weight excluding hydrogens is 323 g/mol. The van der Waals surface area contributed by atoms with Gasteiger partial charge in [0.15, 0.2) is 0 Å². The molecule has 2 aromatic rings. The third-order valence-electron chi connectivity index (χ3n) is 2.82. The highest BCUT2D eigenvalue weighted by atomic mass is 35.5. The molecule has 7 heteroatoms. The number of para-hydroxylation sites is 1. The molecule has 0 saturated carbocycles. The molecule has 0 aliphatic rings. The second-order valence-electron chi connectivity index (χ2n) is 4.70. The number of aryl methyl sites for hydroxylation is 1. The highest BCUT2D eigenvalue weighted by Crippen LogP contribution is 2.31. The minimum absolute atomic E-state index is 0.236. The summed E-state index contributed by atoms with van der Waals surface area (Å²) in [6, 6.07) is 6.79. The molecule has 1 aromatic heterocycles. The normalized spacial score (nSPS) is 10.4. The van der Waals surface area contributed by atoms with Crippen molar-refractivity contribution in [2.45, 2.75) is 20.3 Å². The topological polar surface area (TPSA) is 66.9 Å². The first-order valence-electron chi connectivity index (χ1n) is 6.86. The maximum atomic E-state index is 12.0. The number of carbonyl (C=O) groups is 1. The molecule has 22 heavy (non-hydrogen) atoms. The third kappa shape index (κ3) is 4.08. The van der Waals surface area contributed by atoms with Crippen LogP contribution < -0.4 is 10.6 Å². The molecule has 5 nitrogen and oxygen atoms in total. The van der Waals surface area contributed by atoms with Crippen LogP contribution in [0.25, 0.3) is 0 Å². The van der Waals surface area contributed by atoms with Crippen molar-refractivity contribution >= 4 is 40.7 Å². The lowest BCUT2D eigenvalue weighted by atomic mass is 10.3. The van der Waals surface area contributed by atoms with E-state index in [1.807, 2.05) is 6.92 Å². The third-order valence-corrected chi connectivity index (χ3v) is 3.45. The molecule has 0 unspecified atom stereocenters. The Hall–Kier alpha value is -1.85. The first kappa shape index (κ1) is 16.5. The van der Waals surface area contributed by atoms with Crippen LogP contribution in [0.2, 0.25) is 10.0 Å². The SMILES string of the molecule is CCCNC(=O)c1cc(C)nc(Nc2c(Cl)cccc2Cl)n1. The van der Waals surface area contributed by atoms with E-state index in [-0.39, 0.29) is 11.9 Å². The minimum Gasteiger partial charge on any atom is -0.351 e. The van der Waals surface area contributed by atoms with Gasteiger partial charge in [0.2, 0.25) is 5.95 Å². The monoisotopic (exact) mass is 338 g/mol. The molecule has 0 bridgehead atoms. The summed E-state index contributed by atoms with van der Waals surface area (Å²) in [6.45, 7) is 4.37. The Morgan fingerprint density at radius 2 is 1.91 bits per heavy atom. The number of aromatic nitrogens is 2. The predicted molar refractivity (Wildman–Crippen MR) is 89.1 cm³/mol. The zero-order valence-electron chi connectivity index (χ0n) is 12.3. The van der Waals surface area contributed by atoms with E-state index in [1.54, 1.807) is 31.2 Å². The van der Waals surface area contributed by atoms with Crippen molar-refractivity contribution in [3.8, 4) is 0 Å². The Labute approximate surface area is 139 Å². The maximum absolute atomic E-state index is 12.0. The second-order valence-corrected chi connectivity index (χ2v) is 5.51. The minimum atomic E-state index is -0.236. The van der Waals surface area contributed by atoms with E-state index in [0.717, 1.165) is 6.42 Å². The largest absolute Gasteiger partial charge is 0.351 e. The molecule has 0 atom stereocenters. The molecule has 1 aromatic carbocycles. The standard InChI is InChI=1S/C15H16Cl2N4O/c1-3-7-18-14(22)12-8-9(2)19-15(20-12)21-13-10(16)5-4-6-11(13)17/h4-6,8H,3,7H2,1-2H3,(H,18,22)(H,19,20,21). The van der Waals surface area contributed by atoms with Crippen molar-refractivity contribution in [3.05, 3.63) is 45.7 Å². The van der Waals surface area contributed by atoms with Crippen LogP contribution in [0.5, 0.6) is 0 Å². The van der Waals surface area contributed by atoms with E-state index in [9.17, 15) is 4.79 Å². The highest BCUT2D eigenvalue weighted by Gasteiger charge is 2.12. The van der Waals surface area contributed by atoms with Crippen LogP contribution in [0.4, 0.5) is 11.6 Å². The van der Waals surface area contributed by atoms with Gasteiger partial charge in [0.25, 0.3) is 5.91 Å². The lowest BCUT2D eigenvalue weighted by Crippen LogP contribution is -2.25. The van der Waals surface area contributed by atoms with Crippen LogP contribution >= 0.6 is 23.2 Å². The van der Waals surface area contributed by atoms with Gasteiger partial charge in [-0.15, -0.1) is 0 Å². The van der Waals surface area contributed by atoms with Gasteiger partial charge in [-0.1, -0.05) is 36.2 Å². The van der Waals surface area contributed by atoms with Gasteiger partial charge in [-0.3, -0.25) is 4.79 Å². The maximum Gasteiger partial charge on any atom is 0.270 e. The molecule has 0 radical (unpaired) electrons. The van der Waals surface area contributed by atoms with Crippen LogP contribution in [0.3, 0.4) is 0 Å². The van der Waals surface area contributed by atoms with Crippen LogP contribution in [-0.2, 0) is 0 Å². The second kappa shape index (κ2) is 7.42. The van der Waals surface area contributed by atoms with Crippen molar-refractivity contribution in [2.75, 3.05) is 11.9 Å². The van der Waals surface area contributed by atoms with E-state index in [4.69, 9.17) is 23.2 Å². The Kier molecular flexibility index (Phi) is 5.57. The Bertz CT molecular complexity index is 671. The van der Waals surface area contributed by atoms with Gasteiger partial charge < -0.3 is 10.6 Å². The van der Waals surface area contributed by atoms with Gasteiger partial charge in [-0.25, -0.2) is 9.97 Å². The molecule has 2 N–H and O–H groups in total. The molecule has 1 heterocycles. The van der Waals surface area contributed by atoms with Crippen molar-refractivity contribution < 1.29 is 4.79 Å². The zero-order chi connectivity index (χ0) is 16.1. The number of amides is 1. The van der Waals surface area contributed by atoms with Gasteiger partial charge in [0.1, 0.15) is 5.69 Å². The van der Waals surface area contributed by atoms with E-state index in [1.165, 1.54) is 0 Å². The number of benzene rings is 1. The van der Waals surface area contributed by atoms with Gasteiger partial charge in [-0.2, -0.15) is 0 Å². The van der Waals surface area contributed by atoms with Crippen molar-refractivity contribution in [1.29, 1.82) is 0 Å². The Morgan fingerprint density at radius 3 is 2.55 bits per heavy atom. The number of hydrogen-bond donors (Lipinski definition) is 2. The summed E-state index contributed by atoms with van der Waals surface area (Å²) >= 11 is 12.2. The van der Waals surface area contributed by atoms with Gasteiger partial charge >= 0.3 is 0 Å². The van der Waals surface area contributed by atoms with Crippen LogP contribution in [-0.4, -0.2) is 22.4 Å². The summed E-state index contributed by atoms with van der Waals surface area (Å²) in [6.07, 6.45) is 0.857. The number of halogens is 2. The van der Waals surface area contributed by atoms with Crippen molar-refractivity contribution in [1.82, 2.24) is 15.3 Å². The fourth-order valence-corrected chi connectivity index (χ4v) is 2.29. The van der Waals surface area contributed by atoms with Gasteiger partial charge in [0, 0.05) is 12.2 Å². The highest BCUT2D eigenvalue weighted by molar-refractivity contribution is 6.39. The lowest BCUT2D eigenvalue weighted by molar-refractivity contribution is 0.0948. The van der Waals surface area contributed by atoms with Crippen molar-refractivity contribution in [3.63, 3.8) is 0 Å². The summed E-state index contributed by atoms with van der Waals surface area (Å²) in [5.74, 6) is 0.0392. The summed E-state index contributed by atoms with van der Waals surface area (Å²) in [5.41, 5.74) is 1.48. The average molecular weight is 339 g/mol. The fourth-order valence-electron chi connectivity index (χ4n) is 1.80. The fraction of sp³-hybridized carbons (Fsp3) is 0.267. The first-order valence-corrected chi connectivity index (χ1v) is 7.61. The number of anilines is 2. The van der Waals surface area contributed by atoms with E-state index in [2.05, 4.69) is 20.6 Å². The number of nitrogens with one attached hydrogen (secondary N) is 2. The summed E-state index contributed by atoms with van der Waals surface area (Å²) in [7, 11) is 0. The molecule has 0 spiro atoms. The first-order chi connectivity index (χ1) is 10.5. The molecule has 1 amide bonds. The lowest BCUT2D eigenvalue weighted by Gasteiger charge is -2.11. The molecule has 2 rings (SSSR count). The van der Waals surface area contributed by atoms with Gasteiger partial charge in [-0.05, 0) is 31.5 Å². The Morgan fingerprint density at radius 1 is 1.23 bits per heavy atom.